The molecule has 0 aromatic heterocycles. The fourth-order valence-electron chi connectivity index (χ4n) is 2.84. The molecule has 3 aromatic rings. The van der Waals surface area contributed by atoms with Gasteiger partial charge >= 0.3 is 17.8 Å². The number of amides is 2. The second-order valence-corrected chi connectivity index (χ2v) is 6.92. The van der Waals surface area contributed by atoms with Gasteiger partial charge in [-0.1, -0.05) is 42.5 Å². The van der Waals surface area contributed by atoms with E-state index in [9.17, 15) is 14.4 Å². The van der Waals surface area contributed by atoms with Crippen LogP contribution in [-0.4, -0.2) is 30.6 Å². The molecule has 0 unspecified atom stereocenters. The van der Waals surface area contributed by atoms with Gasteiger partial charge in [0.2, 0.25) is 0 Å². The number of hydrogen-bond donors (Lipinski definition) is 2. The molecule has 0 heterocycles. The highest BCUT2D eigenvalue weighted by atomic mass is 16.5. The fourth-order valence-corrected chi connectivity index (χ4v) is 2.84. The number of hydrogen-bond acceptors (Lipinski definition) is 6. The molecular weight excluding hydrogens is 422 g/mol. The summed E-state index contributed by atoms with van der Waals surface area (Å²) >= 11 is 0. The van der Waals surface area contributed by atoms with Gasteiger partial charge in [0.25, 0.3) is 0 Å². The van der Waals surface area contributed by atoms with Crippen LogP contribution in [0.2, 0.25) is 0 Å². The molecule has 2 amide bonds. The lowest BCUT2D eigenvalue weighted by atomic mass is 10.1. The van der Waals surface area contributed by atoms with Crippen LogP contribution in [-0.2, 0) is 16.1 Å². The van der Waals surface area contributed by atoms with E-state index in [-0.39, 0.29) is 12.3 Å². The summed E-state index contributed by atoms with van der Waals surface area (Å²) in [5.74, 6) is -1.38. The summed E-state index contributed by atoms with van der Waals surface area (Å²) in [5.41, 5.74) is 4.29. The SMILES string of the molecule is COc1ccc(C(=O)Oc2ccccc2C(C)=NNC(=O)C(=O)NCc2ccccc2)cc1. The summed E-state index contributed by atoms with van der Waals surface area (Å²) in [6, 6.07) is 22.5. The lowest BCUT2D eigenvalue weighted by molar-refractivity contribution is -0.139. The Morgan fingerprint density at radius 3 is 2.21 bits per heavy atom. The number of esters is 1. The quantitative estimate of drug-likeness (QED) is 0.191. The first-order valence-electron chi connectivity index (χ1n) is 10.1. The number of methoxy groups -OCH3 is 1. The third-order valence-corrected chi connectivity index (χ3v) is 4.63. The van der Waals surface area contributed by atoms with Crippen molar-refractivity contribution in [2.45, 2.75) is 13.5 Å². The van der Waals surface area contributed by atoms with Gasteiger partial charge in [-0.05, 0) is 48.9 Å². The van der Waals surface area contributed by atoms with E-state index >= 15 is 0 Å². The Labute approximate surface area is 191 Å². The topological polar surface area (TPSA) is 106 Å². The van der Waals surface area contributed by atoms with Crippen molar-refractivity contribution in [3.63, 3.8) is 0 Å². The normalized spacial score (nSPS) is 10.8. The van der Waals surface area contributed by atoms with Crippen molar-refractivity contribution in [2.75, 3.05) is 7.11 Å². The van der Waals surface area contributed by atoms with E-state index in [0.29, 0.717) is 22.6 Å². The molecule has 0 aliphatic heterocycles. The lowest BCUT2D eigenvalue weighted by Gasteiger charge is -2.10. The van der Waals surface area contributed by atoms with E-state index in [0.717, 1.165) is 5.56 Å². The summed E-state index contributed by atoms with van der Waals surface area (Å²) in [6.07, 6.45) is 0. The molecule has 8 nitrogen and oxygen atoms in total. The van der Waals surface area contributed by atoms with Crippen LogP contribution in [0.25, 0.3) is 0 Å². The van der Waals surface area contributed by atoms with Crippen molar-refractivity contribution in [1.82, 2.24) is 10.7 Å². The van der Waals surface area contributed by atoms with E-state index in [4.69, 9.17) is 9.47 Å². The number of carbonyl (C=O) groups is 3. The Morgan fingerprint density at radius 2 is 1.52 bits per heavy atom. The summed E-state index contributed by atoms with van der Waals surface area (Å²) in [6.45, 7) is 1.85. The van der Waals surface area contributed by atoms with Crippen molar-refractivity contribution in [1.29, 1.82) is 0 Å². The Balaban J connectivity index is 1.63. The van der Waals surface area contributed by atoms with Gasteiger partial charge in [0.1, 0.15) is 11.5 Å². The molecular formula is C25H23N3O5. The van der Waals surface area contributed by atoms with Crippen LogP contribution in [0.5, 0.6) is 11.5 Å². The molecule has 0 atom stereocenters. The third kappa shape index (κ3) is 6.51. The molecule has 0 saturated carbocycles. The van der Waals surface area contributed by atoms with Gasteiger partial charge in [-0.25, -0.2) is 10.2 Å². The van der Waals surface area contributed by atoms with Gasteiger partial charge in [0.15, 0.2) is 0 Å². The fraction of sp³-hybridized carbons (Fsp3) is 0.120. The van der Waals surface area contributed by atoms with Crippen LogP contribution < -0.4 is 20.2 Å². The zero-order valence-corrected chi connectivity index (χ0v) is 18.2. The van der Waals surface area contributed by atoms with E-state index in [1.165, 1.54) is 7.11 Å². The molecule has 3 aromatic carbocycles. The van der Waals surface area contributed by atoms with Gasteiger partial charge in [0.05, 0.1) is 18.4 Å². The number of rotatable bonds is 7. The minimum atomic E-state index is -0.905. The van der Waals surface area contributed by atoms with Crippen LogP contribution >= 0.6 is 0 Å². The number of nitrogens with zero attached hydrogens (tertiary/aromatic N) is 1. The summed E-state index contributed by atoms with van der Waals surface area (Å²) in [4.78, 5) is 36.6. The molecule has 0 bridgehead atoms. The average molecular weight is 445 g/mol. The lowest BCUT2D eigenvalue weighted by Crippen LogP contribution is -2.37. The van der Waals surface area contributed by atoms with E-state index < -0.39 is 17.8 Å². The standard InChI is InChI=1S/C25H23N3O5/c1-17(27-28-24(30)23(29)26-16-18-8-4-3-5-9-18)21-10-6-7-11-22(21)33-25(31)19-12-14-20(32-2)15-13-19/h3-15H,16H2,1-2H3,(H,26,29)(H,28,30). The molecule has 0 aliphatic rings. The van der Waals surface area contributed by atoms with Crippen molar-refractivity contribution >= 4 is 23.5 Å². The zero-order chi connectivity index (χ0) is 23.6. The first kappa shape index (κ1) is 23.2. The van der Waals surface area contributed by atoms with Gasteiger partial charge in [-0.15, -0.1) is 0 Å². The van der Waals surface area contributed by atoms with Crippen molar-refractivity contribution in [3.8, 4) is 11.5 Å². The average Bonchev–Trinajstić information content (AvgIpc) is 2.86. The minimum absolute atomic E-state index is 0.222. The van der Waals surface area contributed by atoms with Crippen LogP contribution in [0, 0.1) is 0 Å². The smallest absolute Gasteiger partial charge is 0.343 e. The monoisotopic (exact) mass is 445 g/mol. The van der Waals surface area contributed by atoms with Gasteiger partial charge in [-0.3, -0.25) is 9.59 Å². The first-order valence-corrected chi connectivity index (χ1v) is 10.1. The first-order chi connectivity index (χ1) is 16.0. The second-order valence-electron chi connectivity index (χ2n) is 6.92. The predicted octanol–water partition coefficient (Wildman–Crippen LogP) is 3.07. The van der Waals surface area contributed by atoms with Crippen LogP contribution in [0.1, 0.15) is 28.4 Å². The third-order valence-electron chi connectivity index (χ3n) is 4.63. The molecule has 3 rings (SSSR count). The molecule has 33 heavy (non-hydrogen) atoms. The van der Waals surface area contributed by atoms with E-state index in [1.807, 2.05) is 30.3 Å². The highest BCUT2D eigenvalue weighted by Gasteiger charge is 2.15. The van der Waals surface area contributed by atoms with Crippen molar-refractivity contribution in [3.05, 3.63) is 95.6 Å². The number of ether oxygens (including phenoxy) is 2. The Bertz CT molecular complexity index is 1160. The molecule has 0 saturated heterocycles. The molecule has 0 radical (unpaired) electrons. The number of para-hydroxylation sites is 1. The van der Waals surface area contributed by atoms with Crippen LogP contribution in [0.3, 0.4) is 0 Å². The Morgan fingerprint density at radius 1 is 0.848 bits per heavy atom. The molecule has 0 spiro atoms. The maximum absolute atomic E-state index is 12.5. The largest absolute Gasteiger partial charge is 0.497 e. The minimum Gasteiger partial charge on any atom is -0.497 e. The maximum Gasteiger partial charge on any atom is 0.343 e. The summed E-state index contributed by atoms with van der Waals surface area (Å²) in [5, 5.41) is 6.51. The second kappa shape index (κ2) is 11.2. The number of benzene rings is 3. The highest BCUT2D eigenvalue weighted by molar-refractivity contribution is 6.35. The molecule has 2 N–H and O–H groups in total. The van der Waals surface area contributed by atoms with Gasteiger partial charge in [-0.2, -0.15) is 5.10 Å². The number of carbonyl (C=O) groups excluding carboxylic acids is 3. The van der Waals surface area contributed by atoms with E-state index in [1.54, 1.807) is 55.5 Å². The van der Waals surface area contributed by atoms with Gasteiger partial charge < -0.3 is 14.8 Å². The Hall–Kier alpha value is -4.46. The van der Waals surface area contributed by atoms with Crippen LogP contribution in [0.4, 0.5) is 0 Å². The van der Waals surface area contributed by atoms with E-state index in [2.05, 4.69) is 15.8 Å². The molecule has 8 heteroatoms. The molecule has 0 aliphatic carbocycles. The zero-order valence-electron chi connectivity index (χ0n) is 18.2. The highest BCUT2D eigenvalue weighted by Crippen LogP contribution is 2.21. The number of hydrazone groups is 1. The molecule has 0 fully saturated rings. The predicted molar refractivity (Wildman–Crippen MR) is 123 cm³/mol. The molecule has 168 valence electrons. The summed E-state index contributed by atoms with van der Waals surface area (Å²) in [7, 11) is 1.54. The summed E-state index contributed by atoms with van der Waals surface area (Å²) < 4.78 is 10.6. The maximum atomic E-state index is 12.5. The van der Waals surface area contributed by atoms with Crippen molar-refractivity contribution in [2.24, 2.45) is 5.10 Å². The van der Waals surface area contributed by atoms with Crippen molar-refractivity contribution < 1.29 is 23.9 Å². The van der Waals surface area contributed by atoms with Gasteiger partial charge in [0, 0.05) is 12.1 Å². The van der Waals surface area contributed by atoms with Crippen LogP contribution in [0.15, 0.2) is 84.0 Å². The number of nitrogens with one attached hydrogen (secondary N) is 2. The Kier molecular flexibility index (Phi) is 7.91.